The lowest BCUT2D eigenvalue weighted by Gasteiger charge is -2.38. The fourth-order valence-electron chi connectivity index (χ4n) is 2.21. The fourth-order valence-corrected chi connectivity index (χ4v) is 2.21. The molecule has 0 aromatic carbocycles. The van der Waals surface area contributed by atoms with Crippen molar-refractivity contribution in [1.82, 2.24) is 15.2 Å². The van der Waals surface area contributed by atoms with Crippen LogP contribution in [-0.4, -0.2) is 35.1 Å². The predicted octanol–water partition coefficient (Wildman–Crippen LogP) is 1.65. The van der Waals surface area contributed by atoms with Crippen LogP contribution >= 0.6 is 0 Å². The van der Waals surface area contributed by atoms with Gasteiger partial charge >= 0.3 is 0 Å². The third-order valence-corrected chi connectivity index (χ3v) is 3.41. The number of hydrogen-bond donors (Lipinski definition) is 1. The molecule has 1 fully saturated rings. The van der Waals surface area contributed by atoms with Crippen LogP contribution in [0.2, 0.25) is 0 Å². The third-order valence-electron chi connectivity index (χ3n) is 3.41. The van der Waals surface area contributed by atoms with Crippen molar-refractivity contribution in [1.29, 1.82) is 0 Å². The Hall–Kier alpha value is -0.930. The van der Waals surface area contributed by atoms with Crippen LogP contribution in [0.15, 0.2) is 24.5 Å². The minimum absolute atomic E-state index is 0.621. The van der Waals surface area contributed by atoms with Gasteiger partial charge in [-0.25, -0.2) is 0 Å². The van der Waals surface area contributed by atoms with E-state index in [2.05, 4.69) is 41.2 Å². The first-order chi connectivity index (χ1) is 7.79. The van der Waals surface area contributed by atoms with Crippen molar-refractivity contribution in [2.45, 2.75) is 38.9 Å². The van der Waals surface area contributed by atoms with Gasteiger partial charge in [-0.15, -0.1) is 0 Å². The van der Waals surface area contributed by atoms with Gasteiger partial charge in [-0.1, -0.05) is 6.92 Å². The summed E-state index contributed by atoms with van der Waals surface area (Å²) in [5, 5.41) is 3.58. The Labute approximate surface area is 97.9 Å². The number of rotatable bonds is 3. The van der Waals surface area contributed by atoms with Crippen LogP contribution in [-0.2, 0) is 6.54 Å². The lowest BCUT2D eigenvalue weighted by atomic mass is 10.1. The summed E-state index contributed by atoms with van der Waals surface area (Å²) in [6, 6.07) is 5.49. The first-order valence-corrected chi connectivity index (χ1v) is 6.16. The van der Waals surface area contributed by atoms with Gasteiger partial charge in [0.05, 0.1) is 0 Å². The highest BCUT2D eigenvalue weighted by Crippen LogP contribution is 2.12. The van der Waals surface area contributed by atoms with Crippen LogP contribution in [0.5, 0.6) is 0 Å². The molecule has 1 aromatic rings. The van der Waals surface area contributed by atoms with Gasteiger partial charge in [0.2, 0.25) is 0 Å². The van der Waals surface area contributed by atoms with Crippen LogP contribution in [0, 0.1) is 0 Å². The van der Waals surface area contributed by atoms with E-state index in [9.17, 15) is 0 Å². The van der Waals surface area contributed by atoms with Gasteiger partial charge in [0, 0.05) is 44.1 Å². The van der Waals surface area contributed by atoms with Crippen LogP contribution in [0.4, 0.5) is 0 Å². The highest BCUT2D eigenvalue weighted by atomic mass is 15.2. The molecule has 0 saturated carbocycles. The molecule has 1 aliphatic heterocycles. The second-order valence-corrected chi connectivity index (χ2v) is 4.65. The maximum Gasteiger partial charge on any atom is 0.0271 e. The molecule has 0 spiro atoms. The number of nitrogens with one attached hydrogen (secondary N) is 1. The molecule has 2 unspecified atom stereocenters. The van der Waals surface area contributed by atoms with Crippen LogP contribution in [0.3, 0.4) is 0 Å². The molecular weight excluding hydrogens is 198 g/mol. The van der Waals surface area contributed by atoms with E-state index in [-0.39, 0.29) is 0 Å². The normalized spacial score (nSPS) is 26.9. The van der Waals surface area contributed by atoms with E-state index < -0.39 is 0 Å². The lowest BCUT2D eigenvalue weighted by molar-refractivity contribution is 0.131. The molecule has 3 heteroatoms. The Bertz CT molecular complexity index is 312. The molecule has 0 radical (unpaired) electrons. The monoisotopic (exact) mass is 219 g/mol. The van der Waals surface area contributed by atoms with Crippen molar-refractivity contribution in [3.8, 4) is 0 Å². The molecule has 3 nitrogen and oxygen atoms in total. The minimum Gasteiger partial charge on any atom is -0.311 e. The quantitative estimate of drug-likeness (QED) is 0.838. The molecular formula is C13H21N3. The van der Waals surface area contributed by atoms with E-state index in [4.69, 9.17) is 0 Å². The second kappa shape index (κ2) is 5.41. The zero-order chi connectivity index (χ0) is 11.4. The Balaban J connectivity index is 1.97. The van der Waals surface area contributed by atoms with E-state index in [1.165, 1.54) is 12.0 Å². The fraction of sp³-hybridized carbons (Fsp3) is 0.615. The first kappa shape index (κ1) is 11.6. The zero-order valence-corrected chi connectivity index (χ0v) is 10.2. The molecule has 1 N–H and O–H groups in total. The molecule has 1 saturated heterocycles. The average molecular weight is 219 g/mol. The highest BCUT2D eigenvalue weighted by Gasteiger charge is 2.23. The van der Waals surface area contributed by atoms with Gasteiger partial charge in [-0.05, 0) is 31.0 Å². The van der Waals surface area contributed by atoms with Crippen molar-refractivity contribution in [3.63, 3.8) is 0 Å². The van der Waals surface area contributed by atoms with Gasteiger partial charge in [0.1, 0.15) is 0 Å². The summed E-state index contributed by atoms with van der Waals surface area (Å²) in [5.74, 6) is 0. The van der Waals surface area contributed by atoms with Crippen molar-refractivity contribution < 1.29 is 0 Å². The molecule has 16 heavy (non-hydrogen) atoms. The second-order valence-electron chi connectivity index (χ2n) is 4.65. The van der Waals surface area contributed by atoms with Crippen LogP contribution in [0.1, 0.15) is 25.8 Å². The number of piperazine rings is 1. The summed E-state index contributed by atoms with van der Waals surface area (Å²) in [7, 11) is 0. The van der Waals surface area contributed by atoms with Gasteiger partial charge in [0.25, 0.3) is 0 Å². The zero-order valence-electron chi connectivity index (χ0n) is 10.2. The molecule has 1 aliphatic rings. The molecule has 88 valence electrons. The standard InChI is InChI=1S/C13H21N3/c1-3-13-10-16(11(2)8-15-13)9-12-4-6-14-7-5-12/h4-7,11,13,15H,3,8-10H2,1-2H3. The van der Waals surface area contributed by atoms with Crippen LogP contribution in [0.25, 0.3) is 0 Å². The number of nitrogens with zero attached hydrogens (tertiary/aromatic N) is 2. The summed E-state index contributed by atoms with van der Waals surface area (Å²) in [4.78, 5) is 6.61. The van der Waals surface area contributed by atoms with Gasteiger partial charge in [-0.2, -0.15) is 0 Å². The first-order valence-electron chi connectivity index (χ1n) is 6.16. The van der Waals surface area contributed by atoms with E-state index in [0.717, 1.165) is 19.6 Å². The summed E-state index contributed by atoms with van der Waals surface area (Å²) >= 11 is 0. The van der Waals surface area contributed by atoms with Crippen molar-refractivity contribution >= 4 is 0 Å². The maximum absolute atomic E-state index is 4.06. The minimum atomic E-state index is 0.621. The lowest BCUT2D eigenvalue weighted by Crippen LogP contribution is -2.54. The van der Waals surface area contributed by atoms with E-state index >= 15 is 0 Å². The van der Waals surface area contributed by atoms with Crippen molar-refractivity contribution in [2.24, 2.45) is 0 Å². The Kier molecular flexibility index (Phi) is 3.91. The van der Waals surface area contributed by atoms with Crippen LogP contribution < -0.4 is 5.32 Å². The van der Waals surface area contributed by atoms with E-state index in [0.29, 0.717) is 12.1 Å². The third kappa shape index (κ3) is 2.80. The molecule has 0 bridgehead atoms. The largest absolute Gasteiger partial charge is 0.311 e. The number of hydrogen-bond acceptors (Lipinski definition) is 3. The number of aromatic nitrogens is 1. The predicted molar refractivity (Wildman–Crippen MR) is 66.2 cm³/mol. The molecule has 1 aromatic heterocycles. The smallest absolute Gasteiger partial charge is 0.0271 e. The van der Waals surface area contributed by atoms with Gasteiger partial charge in [-0.3, -0.25) is 9.88 Å². The van der Waals surface area contributed by atoms with Gasteiger partial charge < -0.3 is 5.32 Å². The summed E-state index contributed by atoms with van der Waals surface area (Å²) in [6.45, 7) is 7.84. The highest BCUT2D eigenvalue weighted by molar-refractivity contribution is 5.10. The summed E-state index contributed by atoms with van der Waals surface area (Å²) in [6.07, 6.45) is 4.96. The van der Waals surface area contributed by atoms with E-state index in [1.807, 2.05) is 12.4 Å². The van der Waals surface area contributed by atoms with Crippen molar-refractivity contribution in [2.75, 3.05) is 13.1 Å². The Morgan fingerprint density at radius 2 is 2.19 bits per heavy atom. The molecule has 2 rings (SSSR count). The molecule has 2 heterocycles. The van der Waals surface area contributed by atoms with Crippen molar-refractivity contribution in [3.05, 3.63) is 30.1 Å². The molecule has 0 amide bonds. The SMILES string of the molecule is CCC1CN(Cc2ccncc2)C(C)CN1. The topological polar surface area (TPSA) is 28.2 Å². The Morgan fingerprint density at radius 3 is 2.88 bits per heavy atom. The summed E-state index contributed by atoms with van der Waals surface area (Å²) in [5.41, 5.74) is 1.36. The average Bonchev–Trinajstić information content (AvgIpc) is 2.33. The summed E-state index contributed by atoms with van der Waals surface area (Å²) < 4.78 is 0. The Morgan fingerprint density at radius 1 is 1.44 bits per heavy atom. The van der Waals surface area contributed by atoms with E-state index in [1.54, 1.807) is 0 Å². The molecule has 2 atom stereocenters. The molecule has 0 aliphatic carbocycles. The number of pyridine rings is 1. The van der Waals surface area contributed by atoms with Gasteiger partial charge in [0.15, 0.2) is 0 Å². The maximum atomic E-state index is 4.06.